The summed E-state index contributed by atoms with van der Waals surface area (Å²) in [6.45, 7) is 11.1. The van der Waals surface area contributed by atoms with Crippen molar-refractivity contribution >= 4 is 5.82 Å². The lowest BCUT2D eigenvalue weighted by molar-refractivity contribution is 0.152. The second-order valence-electron chi connectivity index (χ2n) is 6.45. The molecule has 4 heteroatoms. The number of anilines is 1. The summed E-state index contributed by atoms with van der Waals surface area (Å²) in [5, 5.41) is 3.23. The maximum atomic E-state index is 5.54. The van der Waals surface area contributed by atoms with Crippen molar-refractivity contribution in [3.8, 4) is 0 Å². The van der Waals surface area contributed by atoms with Gasteiger partial charge in [0.2, 0.25) is 0 Å². The molecule has 0 atom stereocenters. The summed E-state index contributed by atoms with van der Waals surface area (Å²) in [7, 11) is 1.98. The van der Waals surface area contributed by atoms with E-state index in [0.717, 1.165) is 50.8 Å². The molecule has 20 heavy (non-hydrogen) atoms. The SMILES string of the molecule is CNCc1cc(N2CCCOCC2)nc(C(C)(C)C)c1. The van der Waals surface area contributed by atoms with Crippen LogP contribution in [0, 0.1) is 0 Å². The lowest BCUT2D eigenvalue weighted by Gasteiger charge is -2.25. The largest absolute Gasteiger partial charge is 0.380 e. The highest BCUT2D eigenvalue weighted by Gasteiger charge is 2.19. The third-order valence-electron chi connectivity index (χ3n) is 3.57. The molecule has 1 aromatic heterocycles. The molecule has 1 aliphatic rings. The lowest BCUT2D eigenvalue weighted by atomic mass is 9.90. The van der Waals surface area contributed by atoms with Gasteiger partial charge in [0.25, 0.3) is 0 Å². The molecule has 0 radical (unpaired) electrons. The van der Waals surface area contributed by atoms with Crippen LogP contribution in [0.25, 0.3) is 0 Å². The van der Waals surface area contributed by atoms with Crippen LogP contribution in [0.3, 0.4) is 0 Å². The summed E-state index contributed by atoms with van der Waals surface area (Å²) < 4.78 is 5.54. The van der Waals surface area contributed by atoms with E-state index in [-0.39, 0.29) is 5.41 Å². The fraction of sp³-hybridized carbons (Fsp3) is 0.688. The van der Waals surface area contributed by atoms with Crippen LogP contribution in [0.4, 0.5) is 5.82 Å². The molecule has 1 saturated heterocycles. The number of nitrogens with one attached hydrogen (secondary N) is 1. The van der Waals surface area contributed by atoms with Crippen LogP contribution in [0.1, 0.15) is 38.4 Å². The Morgan fingerprint density at radius 2 is 2.05 bits per heavy atom. The first-order chi connectivity index (χ1) is 9.50. The Kier molecular flexibility index (Phi) is 5.00. The summed E-state index contributed by atoms with van der Waals surface area (Å²) in [6, 6.07) is 4.42. The van der Waals surface area contributed by atoms with Crippen molar-refractivity contribution in [3.63, 3.8) is 0 Å². The molecule has 0 spiro atoms. The van der Waals surface area contributed by atoms with Gasteiger partial charge in [-0.3, -0.25) is 0 Å². The average Bonchev–Trinajstić information content (AvgIpc) is 2.66. The van der Waals surface area contributed by atoms with Crippen LogP contribution >= 0.6 is 0 Å². The average molecular weight is 277 g/mol. The van der Waals surface area contributed by atoms with E-state index < -0.39 is 0 Å². The Hall–Kier alpha value is -1.13. The van der Waals surface area contributed by atoms with E-state index in [4.69, 9.17) is 9.72 Å². The second-order valence-corrected chi connectivity index (χ2v) is 6.45. The zero-order valence-electron chi connectivity index (χ0n) is 13.2. The van der Waals surface area contributed by atoms with Gasteiger partial charge in [0, 0.05) is 37.4 Å². The van der Waals surface area contributed by atoms with Gasteiger partial charge >= 0.3 is 0 Å². The van der Waals surface area contributed by atoms with Crippen LogP contribution in [0.5, 0.6) is 0 Å². The predicted octanol–water partition coefficient (Wildman–Crippen LogP) is 2.33. The van der Waals surface area contributed by atoms with Crippen molar-refractivity contribution < 1.29 is 4.74 Å². The summed E-state index contributed by atoms with van der Waals surface area (Å²) in [6.07, 6.45) is 1.07. The monoisotopic (exact) mass is 277 g/mol. The number of rotatable bonds is 3. The number of pyridine rings is 1. The van der Waals surface area contributed by atoms with Crippen LogP contribution in [0.15, 0.2) is 12.1 Å². The Morgan fingerprint density at radius 1 is 1.25 bits per heavy atom. The van der Waals surface area contributed by atoms with Gasteiger partial charge in [0.15, 0.2) is 0 Å². The molecule has 0 bridgehead atoms. The molecule has 0 saturated carbocycles. The quantitative estimate of drug-likeness (QED) is 0.920. The highest BCUT2D eigenvalue weighted by molar-refractivity contribution is 5.44. The Balaban J connectivity index is 2.32. The van der Waals surface area contributed by atoms with Crippen molar-refractivity contribution in [2.75, 3.05) is 38.3 Å². The van der Waals surface area contributed by atoms with E-state index in [0.29, 0.717) is 0 Å². The lowest BCUT2D eigenvalue weighted by Crippen LogP contribution is -2.28. The minimum Gasteiger partial charge on any atom is -0.380 e. The summed E-state index contributed by atoms with van der Waals surface area (Å²) >= 11 is 0. The molecule has 0 unspecified atom stereocenters. The first-order valence-electron chi connectivity index (χ1n) is 7.49. The standard InChI is InChI=1S/C16H27N3O/c1-16(2,3)14-10-13(12-17-4)11-15(18-14)19-6-5-8-20-9-7-19/h10-11,17H,5-9,12H2,1-4H3. The molecular weight excluding hydrogens is 250 g/mol. The van der Waals surface area contributed by atoms with Gasteiger partial charge in [-0.1, -0.05) is 20.8 Å². The van der Waals surface area contributed by atoms with Crippen molar-refractivity contribution in [2.24, 2.45) is 0 Å². The smallest absolute Gasteiger partial charge is 0.129 e. The number of nitrogens with zero attached hydrogens (tertiary/aromatic N) is 2. The van der Waals surface area contributed by atoms with Crippen LogP contribution < -0.4 is 10.2 Å². The zero-order valence-corrected chi connectivity index (χ0v) is 13.2. The fourth-order valence-corrected chi connectivity index (χ4v) is 2.40. The number of aromatic nitrogens is 1. The van der Waals surface area contributed by atoms with Crippen molar-refractivity contribution in [1.29, 1.82) is 0 Å². The minimum absolute atomic E-state index is 0.0703. The zero-order chi connectivity index (χ0) is 14.6. The highest BCUT2D eigenvalue weighted by Crippen LogP contribution is 2.25. The van der Waals surface area contributed by atoms with E-state index in [2.05, 4.69) is 43.1 Å². The molecule has 1 N–H and O–H groups in total. The van der Waals surface area contributed by atoms with Gasteiger partial charge in [-0.05, 0) is 31.2 Å². The van der Waals surface area contributed by atoms with E-state index in [1.54, 1.807) is 0 Å². The van der Waals surface area contributed by atoms with Gasteiger partial charge < -0.3 is 15.0 Å². The minimum atomic E-state index is 0.0703. The number of hydrogen-bond donors (Lipinski definition) is 1. The van der Waals surface area contributed by atoms with Crippen LogP contribution in [-0.4, -0.2) is 38.3 Å². The molecule has 4 nitrogen and oxygen atoms in total. The van der Waals surface area contributed by atoms with Crippen molar-refractivity contribution in [2.45, 2.75) is 39.2 Å². The van der Waals surface area contributed by atoms with E-state index in [9.17, 15) is 0 Å². The van der Waals surface area contributed by atoms with Gasteiger partial charge in [0.05, 0.1) is 6.61 Å². The molecule has 2 heterocycles. The Labute approximate surface area is 122 Å². The summed E-state index contributed by atoms with van der Waals surface area (Å²) in [4.78, 5) is 7.24. The Bertz CT molecular complexity index is 432. The molecule has 112 valence electrons. The molecule has 1 aliphatic heterocycles. The third kappa shape index (κ3) is 3.93. The maximum Gasteiger partial charge on any atom is 0.129 e. The molecule has 1 aromatic rings. The topological polar surface area (TPSA) is 37.4 Å². The van der Waals surface area contributed by atoms with Gasteiger partial charge in [-0.2, -0.15) is 0 Å². The maximum absolute atomic E-state index is 5.54. The van der Waals surface area contributed by atoms with Crippen LogP contribution in [0.2, 0.25) is 0 Å². The molecule has 1 fully saturated rings. The number of ether oxygens (including phenoxy) is 1. The van der Waals surface area contributed by atoms with Gasteiger partial charge in [0.1, 0.15) is 5.82 Å². The molecule has 0 aliphatic carbocycles. The second kappa shape index (κ2) is 6.55. The normalized spacial score (nSPS) is 17.1. The molecule has 0 amide bonds. The van der Waals surface area contributed by atoms with Crippen molar-refractivity contribution in [3.05, 3.63) is 23.4 Å². The highest BCUT2D eigenvalue weighted by atomic mass is 16.5. The Morgan fingerprint density at radius 3 is 2.75 bits per heavy atom. The first kappa shape index (κ1) is 15.3. The fourth-order valence-electron chi connectivity index (χ4n) is 2.40. The summed E-state index contributed by atoms with van der Waals surface area (Å²) in [5.74, 6) is 1.09. The molecular formula is C16H27N3O. The van der Waals surface area contributed by atoms with E-state index in [1.165, 1.54) is 5.56 Å². The van der Waals surface area contributed by atoms with E-state index >= 15 is 0 Å². The van der Waals surface area contributed by atoms with E-state index in [1.807, 2.05) is 7.05 Å². The van der Waals surface area contributed by atoms with Crippen LogP contribution in [-0.2, 0) is 16.7 Å². The third-order valence-corrected chi connectivity index (χ3v) is 3.57. The number of hydrogen-bond acceptors (Lipinski definition) is 4. The molecule has 2 rings (SSSR count). The molecule has 0 aromatic carbocycles. The van der Waals surface area contributed by atoms with Crippen molar-refractivity contribution in [1.82, 2.24) is 10.3 Å². The van der Waals surface area contributed by atoms with Gasteiger partial charge in [-0.15, -0.1) is 0 Å². The first-order valence-corrected chi connectivity index (χ1v) is 7.49. The van der Waals surface area contributed by atoms with Gasteiger partial charge in [-0.25, -0.2) is 4.98 Å². The predicted molar refractivity (Wildman–Crippen MR) is 83.3 cm³/mol. The summed E-state index contributed by atoms with van der Waals surface area (Å²) in [5.41, 5.74) is 2.53.